The molecule has 0 unspecified atom stereocenters. The molecular weight excluding hydrogens is 390 g/mol. The Bertz CT molecular complexity index is 778. The third-order valence-electron chi connectivity index (χ3n) is 6.22. The van der Waals surface area contributed by atoms with Crippen molar-refractivity contribution in [3.05, 3.63) is 29.3 Å². The highest BCUT2D eigenvalue weighted by Gasteiger charge is 2.35. The maximum Gasteiger partial charge on any atom is 0.319 e. The van der Waals surface area contributed by atoms with Crippen molar-refractivity contribution < 1.29 is 14.4 Å². The van der Waals surface area contributed by atoms with Gasteiger partial charge in [-0.1, -0.05) is 71.6 Å². The summed E-state index contributed by atoms with van der Waals surface area (Å²) < 4.78 is 0. The molecular formula is C25H37N3O3. The van der Waals surface area contributed by atoms with Crippen LogP contribution in [0.1, 0.15) is 105 Å². The first-order chi connectivity index (χ1) is 15.0. The van der Waals surface area contributed by atoms with E-state index < -0.39 is 0 Å². The van der Waals surface area contributed by atoms with Crippen molar-refractivity contribution >= 4 is 23.5 Å². The van der Waals surface area contributed by atoms with Crippen LogP contribution in [0.4, 0.5) is 10.5 Å². The molecule has 2 N–H and O–H groups in total. The summed E-state index contributed by atoms with van der Waals surface area (Å²) in [6.45, 7) is 4.35. The lowest BCUT2D eigenvalue weighted by Crippen LogP contribution is -2.38. The van der Waals surface area contributed by atoms with Gasteiger partial charge in [-0.25, -0.2) is 4.79 Å². The standard InChI is InChI=1S/C25H37N3O3/c1-18(2)17-28-23(29)21-15-14-20(16-22(21)24(28)30)27-25(31)26-19-12-10-8-6-4-3-5-7-9-11-13-19/h14-16,18-19H,3-13,17H2,1-2H3,(H2,26,27,31). The van der Waals surface area contributed by atoms with Crippen LogP contribution in [0.3, 0.4) is 0 Å². The van der Waals surface area contributed by atoms with Gasteiger partial charge in [0.2, 0.25) is 0 Å². The number of fused-ring (bicyclic) bond motifs is 1. The number of rotatable bonds is 4. The van der Waals surface area contributed by atoms with E-state index in [0.717, 1.165) is 25.7 Å². The van der Waals surface area contributed by atoms with Gasteiger partial charge >= 0.3 is 6.03 Å². The molecule has 3 rings (SSSR count). The number of hydrogen-bond donors (Lipinski definition) is 2. The molecule has 0 radical (unpaired) electrons. The lowest BCUT2D eigenvalue weighted by molar-refractivity contribution is 0.0636. The Morgan fingerprint density at radius 3 is 2.03 bits per heavy atom. The largest absolute Gasteiger partial charge is 0.335 e. The van der Waals surface area contributed by atoms with Gasteiger partial charge in [-0.2, -0.15) is 0 Å². The molecule has 1 aromatic carbocycles. The predicted octanol–water partition coefficient (Wildman–Crippen LogP) is 5.73. The average molecular weight is 428 g/mol. The van der Waals surface area contributed by atoms with Crippen LogP contribution >= 0.6 is 0 Å². The maximum absolute atomic E-state index is 12.7. The fourth-order valence-electron chi connectivity index (χ4n) is 4.56. The van der Waals surface area contributed by atoms with Crippen molar-refractivity contribution in [1.29, 1.82) is 0 Å². The van der Waals surface area contributed by atoms with Crippen LogP contribution in [0, 0.1) is 5.92 Å². The first-order valence-electron chi connectivity index (χ1n) is 12.0. The smallest absolute Gasteiger partial charge is 0.319 e. The van der Waals surface area contributed by atoms with Crippen LogP contribution in [0.15, 0.2) is 18.2 Å². The van der Waals surface area contributed by atoms with E-state index in [4.69, 9.17) is 0 Å². The Morgan fingerprint density at radius 2 is 1.45 bits per heavy atom. The minimum Gasteiger partial charge on any atom is -0.335 e. The zero-order chi connectivity index (χ0) is 22.2. The summed E-state index contributed by atoms with van der Waals surface area (Å²) in [6, 6.07) is 4.90. The van der Waals surface area contributed by atoms with Crippen LogP contribution in [-0.4, -0.2) is 35.3 Å². The van der Waals surface area contributed by atoms with Crippen LogP contribution in [0.5, 0.6) is 0 Å². The average Bonchev–Trinajstić information content (AvgIpc) is 2.94. The molecule has 6 heteroatoms. The minimum atomic E-state index is -0.280. The summed E-state index contributed by atoms with van der Waals surface area (Å²) in [5.41, 5.74) is 1.32. The van der Waals surface area contributed by atoms with Crippen molar-refractivity contribution in [3.8, 4) is 0 Å². The summed E-state index contributed by atoms with van der Waals surface area (Å²) in [5, 5.41) is 5.99. The number of amides is 4. The number of benzene rings is 1. The molecule has 2 aliphatic rings. The second-order valence-corrected chi connectivity index (χ2v) is 9.43. The quantitative estimate of drug-likeness (QED) is 0.602. The molecule has 1 aromatic rings. The van der Waals surface area contributed by atoms with Crippen molar-refractivity contribution in [3.63, 3.8) is 0 Å². The van der Waals surface area contributed by atoms with Crippen LogP contribution < -0.4 is 10.6 Å². The lowest BCUT2D eigenvalue weighted by atomic mass is 9.98. The Kier molecular flexibility index (Phi) is 8.50. The second-order valence-electron chi connectivity index (χ2n) is 9.43. The monoisotopic (exact) mass is 427 g/mol. The van der Waals surface area contributed by atoms with E-state index in [2.05, 4.69) is 10.6 Å². The van der Waals surface area contributed by atoms with Gasteiger partial charge in [0, 0.05) is 18.3 Å². The van der Waals surface area contributed by atoms with Gasteiger partial charge in [0.1, 0.15) is 0 Å². The third kappa shape index (κ3) is 6.55. The van der Waals surface area contributed by atoms with Crippen LogP contribution in [0.25, 0.3) is 0 Å². The molecule has 0 saturated heterocycles. The number of anilines is 1. The molecule has 0 bridgehead atoms. The number of imide groups is 1. The molecule has 1 aliphatic carbocycles. The van der Waals surface area contributed by atoms with E-state index in [1.54, 1.807) is 18.2 Å². The molecule has 1 aliphatic heterocycles. The van der Waals surface area contributed by atoms with Crippen LogP contribution in [0.2, 0.25) is 0 Å². The number of carbonyl (C=O) groups excluding carboxylic acids is 3. The topological polar surface area (TPSA) is 78.5 Å². The Labute approximate surface area is 186 Å². The highest BCUT2D eigenvalue weighted by molar-refractivity contribution is 6.21. The SMILES string of the molecule is CC(C)CN1C(=O)c2ccc(NC(=O)NC3CCCCCCCCCCC3)cc2C1=O. The third-order valence-corrected chi connectivity index (χ3v) is 6.22. The molecule has 170 valence electrons. The fourth-order valence-corrected chi connectivity index (χ4v) is 4.56. The van der Waals surface area contributed by atoms with Gasteiger partial charge in [-0.05, 0) is 37.0 Å². The molecule has 6 nitrogen and oxygen atoms in total. The van der Waals surface area contributed by atoms with E-state index in [1.807, 2.05) is 13.8 Å². The molecule has 0 aromatic heterocycles. The molecule has 1 heterocycles. The normalized spacial score (nSPS) is 19.0. The summed E-state index contributed by atoms with van der Waals surface area (Å²) in [4.78, 5) is 39.1. The summed E-state index contributed by atoms with van der Waals surface area (Å²) in [6.07, 6.45) is 13.3. The van der Waals surface area contributed by atoms with Gasteiger partial charge in [-0.15, -0.1) is 0 Å². The van der Waals surface area contributed by atoms with Gasteiger partial charge in [0.15, 0.2) is 0 Å². The zero-order valence-electron chi connectivity index (χ0n) is 19.0. The Morgan fingerprint density at radius 1 is 0.903 bits per heavy atom. The number of urea groups is 1. The van der Waals surface area contributed by atoms with E-state index in [1.165, 1.54) is 49.8 Å². The number of nitrogens with zero attached hydrogens (tertiary/aromatic N) is 1. The predicted molar refractivity (Wildman–Crippen MR) is 123 cm³/mol. The van der Waals surface area contributed by atoms with Crippen LogP contribution in [-0.2, 0) is 0 Å². The van der Waals surface area contributed by atoms with Gasteiger partial charge in [0.05, 0.1) is 11.1 Å². The summed E-state index contributed by atoms with van der Waals surface area (Å²) in [7, 11) is 0. The molecule has 0 spiro atoms. The van der Waals surface area contributed by atoms with Crippen molar-refractivity contribution in [2.24, 2.45) is 5.92 Å². The van der Waals surface area contributed by atoms with Crippen molar-refractivity contribution in [2.75, 3.05) is 11.9 Å². The summed E-state index contributed by atoms with van der Waals surface area (Å²) >= 11 is 0. The van der Waals surface area contributed by atoms with Gasteiger partial charge in [0.25, 0.3) is 11.8 Å². The lowest BCUT2D eigenvalue weighted by Gasteiger charge is -2.20. The zero-order valence-corrected chi connectivity index (χ0v) is 19.0. The second kappa shape index (κ2) is 11.3. The minimum absolute atomic E-state index is 0.179. The molecule has 0 atom stereocenters. The summed E-state index contributed by atoms with van der Waals surface area (Å²) in [5.74, 6) is -0.327. The maximum atomic E-state index is 12.7. The van der Waals surface area contributed by atoms with E-state index in [-0.39, 0.29) is 29.8 Å². The fraction of sp³-hybridized carbons (Fsp3) is 0.640. The highest BCUT2D eigenvalue weighted by Crippen LogP contribution is 2.26. The van der Waals surface area contributed by atoms with Gasteiger partial charge in [-0.3, -0.25) is 14.5 Å². The van der Waals surface area contributed by atoms with E-state index in [9.17, 15) is 14.4 Å². The van der Waals surface area contributed by atoms with E-state index in [0.29, 0.717) is 23.4 Å². The Hall–Kier alpha value is -2.37. The molecule has 1 saturated carbocycles. The van der Waals surface area contributed by atoms with E-state index >= 15 is 0 Å². The molecule has 4 amide bonds. The molecule has 31 heavy (non-hydrogen) atoms. The number of nitrogens with one attached hydrogen (secondary N) is 2. The first kappa shape index (κ1) is 23.3. The Balaban J connectivity index is 1.58. The first-order valence-corrected chi connectivity index (χ1v) is 12.0. The highest BCUT2D eigenvalue weighted by atomic mass is 16.2. The molecule has 1 fully saturated rings. The van der Waals surface area contributed by atoms with Gasteiger partial charge < -0.3 is 10.6 Å². The van der Waals surface area contributed by atoms with Crippen molar-refractivity contribution in [2.45, 2.75) is 90.5 Å². The number of carbonyl (C=O) groups is 3. The van der Waals surface area contributed by atoms with Crippen molar-refractivity contribution in [1.82, 2.24) is 10.2 Å². The number of hydrogen-bond acceptors (Lipinski definition) is 3.